The van der Waals surface area contributed by atoms with Gasteiger partial charge in [-0.25, -0.2) is 0 Å². The molecule has 5 nitrogen and oxygen atoms in total. The zero-order valence-electron chi connectivity index (χ0n) is 27.9. The Bertz CT molecular complexity index is 2330. The monoisotopic (exact) mass is 690 g/mol. The standard InChI is InChI=1S/C42H31O5P.2Na/c43-41-37-33-15-35(31-13-27-23-9-21(25(27)11-29(31)33)17-5-1-3-7-19(17)23)39(37)42(47-48(44,45)46)40-36-16-34(38(40)41)30-12-26-22-10-24(28(26)14-32(30)36)20-8-4-2-6-18(20)22;;/h1-8,11-14,21-24,33-36,43H,9-10,15-16H2,(H2,44,45,46);;/q;2*+1/p-2/t21-,22+,23+,24-,33-,34-,35+,36+;;/m1../s1. The number of phosphoric acid groups is 1. The third-order valence-electron chi connectivity index (χ3n) is 14.1. The van der Waals surface area contributed by atoms with Crippen LogP contribution in [0.4, 0.5) is 0 Å². The van der Waals surface area contributed by atoms with Crippen LogP contribution in [0.5, 0.6) is 11.5 Å². The topological polar surface area (TPSA) is 92.7 Å². The van der Waals surface area contributed by atoms with Crippen LogP contribution in [-0.2, 0) is 4.57 Å². The third-order valence-corrected chi connectivity index (χ3v) is 14.5. The van der Waals surface area contributed by atoms with E-state index in [9.17, 15) is 19.5 Å². The molecule has 1 unspecified atom stereocenters. The molecule has 0 aromatic heterocycles. The molecule has 0 saturated heterocycles. The van der Waals surface area contributed by atoms with Crippen LogP contribution in [0.15, 0.2) is 72.8 Å². The molecule has 50 heavy (non-hydrogen) atoms. The zero-order valence-corrected chi connectivity index (χ0v) is 32.8. The van der Waals surface area contributed by atoms with Crippen LogP contribution in [-0.4, -0.2) is 4.89 Å². The van der Waals surface area contributed by atoms with Gasteiger partial charge in [-0.05, 0) is 104 Å². The number of hydrogen-bond acceptors (Lipinski definition) is 4. The molecule has 13 rings (SSSR count). The average molecular weight is 691 g/mol. The second-order valence-corrected chi connectivity index (χ2v) is 16.8. The van der Waals surface area contributed by atoms with Gasteiger partial charge >= 0.3 is 66.9 Å². The van der Waals surface area contributed by atoms with Gasteiger partial charge in [0, 0.05) is 58.5 Å². The molecule has 0 aliphatic heterocycles. The Kier molecular flexibility index (Phi) is 6.33. The van der Waals surface area contributed by atoms with Gasteiger partial charge in [0.15, 0.2) is 0 Å². The normalized spacial score (nSPS) is 29.9. The van der Waals surface area contributed by atoms with Crippen LogP contribution in [0.1, 0.15) is 162 Å². The van der Waals surface area contributed by atoms with Gasteiger partial charge in [0.2, 0.25) is 0 Å². The maximum Gasteiger partial charge on any atom is 1.00 e. The number of benzene rings is 5. The molecule has 0 heterocycles. The molecular formula is C42H29Na2O5P. The van der Waals surface area contributed by atoms with Crippen LogP contribution >= 0.6 is 7.82 Å². The minimum absolute atomic E-state index is 0. The van der Waals surface area contributed by atoms with Crippen LogP contribution < -0.4 is 73.6 Å². The zero-order chi connectivity index (χ0) is 31.5. The Balaban J connectivity index is 0.00000150. The predicted molar refractivity (Wildman–Crippen MR) is 175 cm³/mol. The quantitative estimate of drug-likeness (QED) is 0.224. The van der Waals surface area contributed by atoms with Crippen LogP contribution in [0.3, 0.4) is 0 Å². The van der Waals surface area contributed by atoms with E-state index in [4.69, 9.17) is 4.52 Å². The Morgan fingerprint density at radius 1 is 0.500 bits per heavy atom. The van der Waals surface area contributed by atoms with E-state index in [1.165, 1.54) is 66.8 Å². The van der Waals surface area contributed by atoms with Gasteiger partial charge in [0.05, 0.1) is 0 Å². The van der Waals surface area contributed by atoms with E-state index >= 15 is 0 Å². The van der Waals surface area contributed by atoms with E-state index in [-0.39, 0.29) is 94.3 Å². The molecular weight excluding hydrogens is 661 g/mol. The summed E-state index contributed by atoms with van der Waals surface area (Å²) in [6, 6.07) is 27.1. The molecule has 1 N–H and O–H groups in total. The number of fused-ring (bicyclic) bond motifs is 32. The van der Waals surface area contributed by atoms with Crippen molar-refractivity contribution in [2.24, 2.45) is 0 Å². The van der Waals surface area contributed by atoms with Crippen LogP contribution in [0.2, 0.25) is 0 Å². The smallest absolute Gasteiger partial charge is 0.872 e. The minimum atomic E-state index is -5.15. The predicted octanol–water partition coefficient (Wildman–Crippen LogP) is 1.53. The molecule has 0 amide bonds. The van der Waals surface area contributed by atoms with Crippen molar-refractivity contribution in [3.63, 3.8) is 0 Å². The molecule has 8 heteroatoms. The van der Waals surface area contributed by atoms with Crippen molar-refractivity contribution in [3.8, 4) is 11.5 Å². The summed E-state index contributed by atoms with van der Waals surface area (Å²) in [5, 5.41) is 14.9. The van der Waals surface area contributed by atoms with Crippen molar-refractivity contribution in [2.45, 2.75) is 73.0 Å². The van der Waals surface area contributed by atoms with E-state index in [0.29, 0.717) is 45.9 Å². The Morgan fingerprint density at radius 2 is 0.780 bits per heavy atom. The number of rotatable bonds is 2. The molecule has 0 radical (unpaired) electrons. The van der Waals surface area contributed by atoms with Gasteiger partial charge in [-0.2, -0.15) is 0 Å². The SMILES string of the molecule is O=P([O-])(O)Oc1c2c(c([O-])c3c1[C@H]1C[C@@H]3c3cc4c(cc31)[C@H]1C[C@@H]4c3ccccc31)[C@@H]1C[C@H]2c2cc3c(cc21)[C@H]1C[C@@H]3c2ccccc21.[Na+].[Na+]. The van der Waals surface area contributed by atoms with E-state index in [1.807, 2.05) is 0 Å². The molecule has 234 valence electrons. The summed E-state index contributed by atoms with van der Waals surface area (Å²) in [6.07, 6.45) is 3.68. The van der Waals surface area contributed by atoms with Crippen molar-refractivity contribution >= 4 is 7.82 Å². The van der Waals surface area contributed by atoms with Gasteiger partial charge in [0.25, 0.3) is 0 Å². The van der Waals surface area contributed by atoms with Crippen molar-refractivity contribution < 1.29 is 83.1 Å². The molecule has 0 fully saturated rings. The molecule has 9 atom stereocenters. The van der Waals surface area contributed by atoms with E-state index in [2.05, 4.69) is 72.8 Å². The maximum atomic E-state index is 14.9. The van der Waals surface area contributed by atoms with Gasteiger partial charge in [0.1, 0.15) is 5.75 Å². The summed E-state index contributed by atoms with van der Waals surface area (Å²) < 4.78 is 18.3. The Labute approximate surface area is 334 Å². The third kappa shape index (κ3) is 3.56. The Morgan fingerprint density at radius 3 is 1.10 bits per heavy atom. The van der Waals surface area contributed by atoms with Gasteiger partial charge < -0.3 is 19.4 Å². The first-order valence-corrected chi connectivity index (χ1v) is 19.0. The fourth-order valence-electron chi connectivity index (χ4n) is 12.6. The minimum Gasteiger partial charge on any atom is -0.872 e. The first kappa shape index (κ1) is 31.4. The largest absolute Gasteiger partial charge is 1.00 e. The molecule has 8 bridgehead atoms. The van der Waals surface area contributed by atoms with E-state index in [0.717, 1.165) is 25.7 Å². The Hall–Kier alpha value is -2.15. The first-order chi connectivity index (χ1) is 23.3. The summed E-state index contributed by atoms with van der Waals surface area (Å²) in [5.74, 6) is 1.46. The first-order valence-electron chi connectivity index (χ1n) is 17.5. The van der Waals surface area contributed by atoms with E-state index in [1.54, 1.807) is 0 Å². The maximum absolute atomic E-state index is 14.9. The van der Waals surface area contributed by atoms with Crippen LogP contribution in [0, 0.1) is 0 Å². The van der Waals surface area contributed by atoms with Crippen molar-refractivity contribution in [1.29, 1.82) is 0 Å². The summed E-state index contributed by atoms with van der Waals surface area (Å²) in [4.78, 5) is 22.8. The molecule has 5 aromatic carbocycles. The number of phosphoric ester groups is 1. The van der Waals surface area contributed by atoms with Gasteiger partial charge in [-0.3, -0.25) is 4.57 Å². The average Bonchev–Trinajstić information content (AvgIpc) is 3.95. The fraction of sp³-hybridized carbons (Fsp3) is 0.286. The molecule has 8 aliphatic carbocycles. The van der Waals surface area contributed by atoms with Gasteiger partial charge in [-0.1, -0.05) is 72.8 Å². The van der Waals surface area contributed by atoms with Crippen molar-refractivity contribution in [1.82, 2.24) is 0 Å². The summed E-state index contributed by atoms with van der Waals surface area (Å²) in [7, 11) is -5.15. The van der Waals surface area contributed by atoms with Crippen LogP contribution in [0.25, 0.3) is 0 Å². The van der Waals surface area contributed by atoms with Crippen molar-refractivity contribution in [2.75, 3.05) is 0 Å². The van der Waals surface area contributed by atoms with Gasteiger partial charge in [-0.15, -0.1) is 5.75 Å². The second-order valence-electron chi connectivity index (χ2n) is 15.7. The summed E-state index contributed by atoms with van der Waals surface area (Å²) >= 11 is 0. The molecule has 5 aromatic rings. The summed E-state index contributed by atoms with van der Waals surface area (Å²) in [6.45, 7) is 0. The summed E-state index contributed by atoms with van der Waals surface area (Å²) in [5.41, 5.74) is 19.0. The van der Waals surface area contributed by atoms with E-state index < -0.39 is 7.82 Å². The molecule has 0 saturated carbocycles. The second kappa shape index (κ2) is 10.1. The molecule has 8 aliphatic rings. The van der Waals surface area contributed by atoms with Crippen molar-refractivity contribution in [3.05, 3.63) is 162 Å². The number of hydrogen-bond donors (Lipinski definition) is 1. The molecule has 0 spiro atoms. The fourth-order valence-corrected chi connectivity index (χ4v) is 13.1.